The quantitative estimate of drug-likeness (QED) is 0.331. The summed E-state index contributed by atoms with van der Waals surface area (Å²) in [7, 11) is 2.02. The third-order valence-electron chi connectivity index (χ3n) is 3.54. The van der Waals surface area contributed by atoms with Gasteiger partial charge in [-0.15, -0.1) is 24.0 Å². The van der Waals surface area contributed by atoms with Gasteiger partial charge in [0.1, 0.15) is 0 Å². The highest BCUT2D eigenvalue weighted by atomic mass is 127. The van der Waals surface area contributed by atoms with E-state index in [-0.39, 0.29) is 29.9 Å². The fraction of sp³-hybridized carbons (Fsp3) is 0.556. The number of rotatable bonds is 8. The van der Waals surface area contributed by atoms with Crippen LogP contribution in [0.5, 0.6) is 0 Å². The van der Waals surface area contributed by atoms with Crippen molar-refractivity contribution in [3.63, 3.8) is 0 Å². The minimum atomic E-state index is -0.0865. The van der Waals surface area contributed by atoms with Crippen molar-refractivity contribution in [2.24, 2.45) is 4.99 Å². The van der Waals surface area contributed by atoms with Crippen LogP contribution in [0.15, 0.2) is 23.2 Å². The average Bonchev–Trinajstić information content (AvgIpc) is 2.54. The van der Waals surface area contributed by atoms with Crippen LogP contribution in [0, 0.1) is 6.92 Å². The van der Waals surface area contributed by atoms with Crippen molar-refractivity contribution in [1.82, 2.24) is 10.2 Å². The number of halogens is 2. The van der Waals surface area contributed by atoms with Crippen LogP contribution in [0.25, 0.3) is 0 Å². The van der Waals surface area contributed by atoms with Crippen molar-refractivity contribution < 1.29 is 4.79 Å². The Morgan fingerprint density at radius 2 is 2.04 bits per heavy atom. The maximum Gasteiger partial charge on any atom is 0.226 e. The molecule has 0 bridgehead atoms. The Labute approximate surface area is 173 Å². The van der Waals surface area contributed by atoms with Crippen LogP contribution in [0.3, 0.4) is 0 Å². The summed E-state index contributed by atoms with van der Waals surface area (Å²) in [5, 5.41) is 6.64. The predicted octanol–water partition coefficient (Wildman–Crippen LogP) is 4.29. The minimum Gasteiger partial charge on any atom is -0.357 e. The first-order valence-electron chi connectivity index (χ1n) is 8.53. The third-order valence-corrected chi connectivity index (χ3v) is 3.86. The van der Waals surface area contributed by atoms with Crippen molar-refractivity contribution in [3.8, 4) is 0 Å². The molecule has 0 saturated carbocycles. The molecule has 0 atom stereocenters. The van der Waals surface area contributed by atoms with Crippen molar-refractivity contribution >= 4 is 53.1 Å². The van der Waals surface area contributed by atoms with Gasteiger partial charge in [0.05, 0.1) is 17.3 Å². The molecule has 25 heavy (non-hydrogen) atoms. The van der Waals surface area contributed by atoms with Crippen molar-refractivity contribution in [3.05, 3.63) is 28.8 Å². The van der Waals surface area contributed by atoms with Crippen LogP contribution >= 0.6 is 35.6 Å². The molecule has 0 aliphatic rings. The van der Waals surface area contributed by atoms with Gasteiger partial charge in [-0.1, -0.05) is 31.0 Å². The van der Waals surface area contributed by atoms with E-state index in [4.69, 9.17) is 11.6 Å². The summed E-state index contributed by atoms with van der Waals surface area (Å²) in [6.45, 7) is 8.36. The summed E-state index contributed by atoms with van der Waals surface area (Å²) in [6.07, 6.45) is 2.58. The van der Waals surface area contributed by atoms with Gasteiger partial charge in [0, 0.05) is 26.6 Å². The fourth-order valence-electron chi connectivity index (χ4n) is 2.17. The molecule has 0 fully saturated rings. The van der Waals surface area contributed by atoms with Gasteiger partial charge in [0.25, 0.3) is 0 Å². The topological polar surface area (TPSA) is 56.7 Å². The second-order valence-electron chi connectivity index (χ2n) is 5.79. The first-order chi connectivity index (χ1) is 11.5. The first kappa shape index (κ1) is 24.0. The van der Waals surface area contributed by atoms with E-state index in [1.54, 1.807) is 0 Å². The largest absolute Gasteiger partial charge is 0.357 e. The van der Waals surface area contributed by atoms with Crippen LogP contribution in [-0.4, -0.2) is 43.4 Å². The Morgan fingerprint density at radius 1 is 1.32 bits per heavy atom. The molecule has 1 amide bonds. The van der Waals surface area contributed by atoms with Crippen LogP contribution in [0.1, 0.15) is 38.7 Å². The van der Waals surface area contributed by atoms with Gasteiger partial charge in [-0.2, -0.15) is 0 Å². The lowest BCUT2D eigenvalue weighted by Gasteiger charge is -2.21. The number of carbonyl (C=O) groups excluding carboxylic acids is 1. The second-order valence-corrected chi connectivity index (χ2v) is 6.20. The third kappa shape index (κ3) is 9.30. The van der Waals surface area contributed by atoms with Gasteiger partial charge in [0.15, 0.2) is 5.96 Å². The first-order valence-corrected chi connectivity index (χ1v) is 8.91. The number of hydrogen-bond acceptors (Lipinski definition) is 2. The van der Waals surface area contributed by atoms with Crippen molar-refractivity contribution in [1.29, 1.82) is 0 Å². The summed E-state index contributed by atoms with van der Waals surface area (Å²) in [6, 6.07) is 5.58. The molecule has 1 rings (SSSR count). The second kappa shape index (κ2) is 13.2. The predicted molar refractivity (Wildman–Crippen MR) is 118 cm³/mol. The maximum atomic E-state index is 12.1. The van der Waals surface area contributed by atoms with Crippen LogP contribution in [0.2, 0.25) is 5.02 Å². The lowest BCUT2D eigenvalue weighted by Crippen LogP contribution is -2.39. The molecule has 0 aliphatic heterocycles. The van der Waals surface area contributed by atoms with Gasteiger partial charge < -0.3 is 15.5 Å². The molecule has 0 spiro atoms. The zero-order valence-electron chi connectivity index (χ0n) is 15.6. The van der Waals surface area contributed by atoms with Crippen molar-refractivity contribution in [2.45, 2.75) is 40.0 Å². The average molecular weight is 481 g/mol. The number of carbonyl (C=O) groups is 1. The van der Waals surface area contributed by atoms with E-state index < -0.39 is 0 Å². The zero-order chi connectivity index (χ0) is 17.9. The van der Waals surface area contributed by atoms with Gasteiger partial charge in [-0.25, -0.2) is 0 Å². The van der Waals surface area contributed by atoms with Crippen LogP contribution in [-0.2, 0) is 4.79 Å². The summed E-state index contributed by atoms with van der Waals surface area (Å²) >= 11 is 6.13. The molecule has 142 valence electrons. The number of amides is 1. The van der Waals surface area contributed by atoms with Gasteiger partial charge in [0.2, 0.25) is 5.91 Å². The fourth-order valence-corrected chi connectivity index (χ4v) is 2.45. The Balaban J connectivity index is 0.00000576. The number of benzene rings is 1. The summed E-state index contributed by atoms with van der Waals surface area (Å²) in [5.41, 5.74) is 1.70. The SMILES string of the molecule is CCCCN(C)C(=NCCC(=O)Nc1ccc(C)cc1Cl)NCC.I. The van der Waals surface area contributed by atoms with Gasteiger partial charge >= 0.3 is 0 Å². The Bertz CT molecular complexity index is 566. The van der Waals surface area contributed by atoms with Gasteiger partial charge in [-0.05, 0) is 38.0 Å². The lowest BCUT2D eigenvalue weighted by atomic mass is 10.2. The smallest absolute Gasteiger partial charge is 0.226 e. The number of nitrogens with zero attached hydrogens (tertiary/aromatic N) is 2. The number of guanidine groups is 1. The number of aliphatic imine (C=N–C) groups is 1. The Morgan fingerprint density at radius 3 is 2.64 bits per heavy atom. The minimum absolute atomic E-state index is 0. The highest BCUT2D eigenvalue weighted by Gasteiger charge is 2.08. The molecule has 1 aromatic rings. The number of anilines is 1. The normalized spacial score (nSPS) is 10.8. The van der Waals surface area contributed by atoms with E-state index >= 15 is 0 Å². The molecule has 2 N–H and O–H groups in total. The maximum absolute atomic E-state index is 12.1. The summed E-state index contributed by atoms with van der Waals surface area (Å²) in [5.74, 6) is 0.753. The Hall–Kier alpha value is -1.02. The zero-order valence-corrected chi connectivity index (χ0v) is 18.6. The van der Waals surface area contributed by atoms with E-state index in [1.165, 1.54) is 0 Å². The Kier molecular flexibility index (Phi) is 12.7. The number of nitrogens with one attached hydrogen (secondary N) is 2. The van der Waals surface area contributed by atoms with E-state index in [0.29, 0.717) is 23.7 Å². The van der Waals surface area contributed by atoms with E-state index in [9.17, 15) is 4.79 Å². The molecule has 0 aliphatic carbocycles. The van der Waals surface area contributed by atoms with Gasteiger partial charge in [-0.3, -0.25) is 9.79 Å². The van der Waals surface area contributed by atoms with E-state index in [1.807, 2.05) is 39.1 Å². The monoisotopic (exact) mass is 480 g/mol. The molecule has 0 unspecified atom stereocenters. The summed E-state index contributed by atoms with van der Waals surface area (Å²) < 4.78 is 0. The molecule has 5 nitrogen and oxygen atoms in total. The van der Waals surface area contributed by atoms with Crippen LogP contribution in [0.4, 0.5) is 5.69 Å². The molecule has 0 radical (unpaired) electrons. The molecule has 1 aromatic carbocycles. The highest BCUT2D eigenvalue weighted by Crippen LogP contribution is 2.22. The summed E-state index contributed by atoms with van der Waals surface area (Å²) in [4.78, 5) is 18.7. The molecule has 0 saturated heterocycles. The van der Waals surface area contributed by atoms with Crippen LogP contribution < -0.4 is 10.6 Å². The van der Waals surface area contributed by atoms with E-state index in [2.05, 4.69) is 27.4 Å². The number of aryl methyl sites for hydroxylation is 1. The standard InChI is InChI=1S/C18H29ClN4O.HI/c1-5-7-12-23(4)18(20-6-2)21-11-10-17(24)22-16-9-8-14(3)13-15(16)19;/h8-9,13H,5-7,10-12H2,1-4H3,(H,20,21)(H,22,24);1H. The molecule has 7 heteroatoms. The highest BCUT2D eigenvalue weighted by molar-refractivity contribution is 14.0. The molecular weight excluding hydrogens is 451 g/mol. The molecule has 0 heterocycles. The van der Waals surface area contributed by atoms with E-state index in [0.717, 1.165) is 37.5 Å². The molecular formula is C18H30ClIN4O. The van der Waals surface area contributed by atoms with Crippen molar-refractivity contribution in [2.75, 3.05) is 32.0 Å². The molecule has 0 aromatic heterocycles. The lowest BCUT2D eigenvalue weighted by molar-refractivity contribution is -0.116. The number of unbranched alkanes of at least 4 members (excludes halogenated alkanes) is 1. The number of hydrogen-bond donors (Lipinski definition) is 2.